The van der Waals surface area contributed by atoms with Gasteiger partial charge in [-0.3, -0.25) is 9.52 Å². The highest BCUT2D eigenvalue weighted by Gasteiger charge is 2.52. The van der Waals surface area contributed by atoms with Gasteiger partial charge in [-0.15, -0.1) is 11.3 Å². The number of benzene rings is 2. The van der Waals surface area contributed by atoms with Crippen LogP contribution < -0.4 is 20.4 Å². The maximum absolute atomic E-state index is 13.6. The van der Waals surface area contributed by atoms with Crippen molar-refractivity contribution in [2.45, 2.75) is 43.2 Å². The number of sulfonamides is 1. The fraction of sp³-hybridized carbons (Fsp3) is 0.250. The molecule has 9 nitrogen and oxygen atoms in total. The number of hydrogen-bond donors (Lipinski definition) is 3. The largest absolute Gasteiger partial charge is 0.396 e. The Labute approximate surface area is 239 Å². The first kappa shape index (κ1) is 29.6. The van der Waals surface area contributed by atoms with Gasteiger partial charge in [0.1, 0.15) is 16.8 Å². The van der Waals surface area contributed by atoms with E-state index in [1.54, 1.807) is 5.38 Å². The average Bonchev–Trinajstić information content (AvgIpc) is 3.44. The Morgan fingerprint density at radius 2 is 1.62 bits per heavy atom. The van der Waals surface area contributed by atoms with Crippen molar-refractivity contribution in [1.29, 1.82) is 0 Å². The molecule has 0 saturated carbocycles. The second-order valence-electron chi connectivity index (χ2n) is 10.1. The van der Waals surface area contributed by atoms with Gasteiger partial charge >= 0.3 is 0 Å². The van der Waals surface area contributed by atoms with Gasteiger partial charge in [-0.05, 0) is 27.5 Å². The summed E-state index contributed by atoms with van der Waals surface area (Å²) < 4.78 is 34.6. The molecule has 0 spiro atoms. The molecule has 2 aromatic carbocycles. The van der Waals surface area contributed by atoms with Gasteiger partial charge in [-0.25, -0.2) is 18.4 Å². The normalized spacial score (nSPS) is 13.0. The molecule has 1 amide bonds. The van der Waals surface area contributed by atoms with E-state index in [0.717, 1.165) is 27.9 Å². The summed E-state index contributed by atoms with van der Waals surface area (Å²) in [5.74, 6) is -0.321. The van der Waals surface area contributed by atoms with Crippen molar-refractivity contribution < 1.29 is 22.7 Å². The number of carbonyl (C=O) groups is 1. The number of amides is 1. The summed E-state index contributed by atoms with van der Waals surface area (Å²) in [6, 6.07) is 22.6. The number of carbonyl (C=O) groups excluding carboxylic acids is 1. The van der Waals surface area contributed by atoms with Crippen molar-refractivity contribution in [1.82, 2.24) is 9.97 Å². The van der Waals surface area contributed by atoms with Crippen LogP contribution in [0.5, 0.6) is 0 Å². The molecule has 40 heavy (non-hydrogen) atoms. The summed E-state index contributed by atoms with van der Waals surface area (Å²) in [5.41, 5.74) is 0. The maximum atomic E-state index is 13.6. The van der Waals surface area contributed by atoms with E-state index >= 15 is 0 Å². The Bertz CT molecular complexity index is 1460. The molecule has 0 unspecified atom stereocenters. The monoisotopic (exact) mass is 596 g/mol. The number of hydrogen-bond acceptors (Lipinski definition) is 8. The molecule has 2 aromatic heterocycles. The molecule has 0 radical (unpaired) electrons. The summed E-state index contributed by atoms with van der Waals surface area (Å²) in [6.45, 7) is 6.05. The van der Waals surface area contributed by atoms with E-state index in [2.05, 4.69) is 40.8 Å². The molecular formula is C28H32N4O5S2Si. The molecule has 210 valence electrons. The van der Waals surface area contributed by atoms with E-state index < -0.39 is 30.4 Å². The lowest BCUT2D eigenvalue weighted by Gasteiger charge is -2.44. The highest BCUT2D eigenvalue weighted by molar-refractivity contribution is 7.93. The van der Waals surface area contributed by atoms with Crippen molar-refractivity contribution in [3.63, 3.8) is 0 Å². The van der Waals surface area contributed by atoms with Gasteiger partial charge in [0.25, 0.3) is 24.2 Å². The number of pyridine rings is 1. The van der Waals surface area contributed by atoms with E-state index in [1.165, 1.54) is 18.3 Å². The van der Waals surface area contributed by atoms with Crippen LogP contribution in [0.4, 0.5) is 10.9 Å². The zero-order valence-electron chi connectivity index (χ0n) is 22.4. The molecule has 4 aromatic rings. The minimum Gasteiger partial charge on any atom is -0.396 e. The van der Waals surface area contributed by atoms with Crippen molar-refractivity contribution >= 4 is 56.9 Å². The Hall–Kier alpha value is -3.42. The predicted octanol–water partition coefficient (Wildman–Crippen LogP) is 3.61. The van der Waals surface area contributed by atoms with Gasteiger partial charge in [-0.1, -0.05) is 81.4 Å². The molecule has 3 N–H and O–H groups in total. The molecule has 0 bridgehead atoms. The van der Waals surface area contributed by atoms with Crippen LogP contribution in [-0.2, 0) is 19.2 Å². The molecule has 1 atom stereocenters. The summed E-state index contributed by atoms with van der Waals surface area (Å²) in [5, 5.41) is 16.2. The van der Waals surface area contributed by atoms with Gasteiger partial charge in [0.2, 0.25) is 0 Å². The summed E-state index contributed by atoms with van der Waals surface area (Å²) >= 11 is 1.16. The SMILES string of the molecule is CC(C)(C)[Si](O[C@H](CCO)C(=O)Nc1ccc(S(=O)(=O)Nc2nccs2)cn1)(c1ccccc1)c1ccccc1. The van der Waals surface area contributed by atoms with Crippen LogP contribution in [0, 0.1) is 0 Å². The molecule has 12 heteroatoms. The fourth-order valence-corrected chi connectivity index (χ4v) is 10.9. The van der Waals surface area contributed by atoms with Gasteiger partial charge in [0, 0.05) is 30.8 Å². The molecule has 0 aliphatic heterocycles. The first-order valence-electron chi connectivity index (χ1n) is 12.7. The van der Waals surface area contributed by atoms with Crippen molar-refractivity contribution in [3.8, 4) is 0 Å². The summed E-state index contributed by atoms with van der Waals surface area (Å²) in [7, 11) is -6.96. The average molecular weight is 597 g/mol. The number of aliphatic hydroxyl groups is 1. The third kappa shape index (κ3) is 6.48. The molecule has 2 heterocycles. The molecular weight excluding hydrogens is 565 g/mol. The molecule has 0 aliphatic rings. The maximum Gasteiger partial charge on any atom is 0.265 e. The summed E-state index contributed by atoms with van der Waals surface area (Å²) in [6.07, 6.45) is 1.74. The van der Waals surface area contributed by atoms with Gasteiger partial charge in [0.05, 0.1) is 0 Å². The first-order valence-corrected chi connectivity index (χ1v) is 16.9. The first-order chi connectivity index (χ1) is 19.1. The van der Waals surface area contributed by atoms with Gasteiger partial charge in [0.15, 0.2) is 5.13 Å². The van der Waals surface area contributed by atoms with Crippen LogP contribution in [0.15, 0.2) is 95.5 Å². The van der Waals surface area contributed by atoms with Crippen LogP contribution in [0.1, 0.15) is 27.2 Å². The number of nitrogens with zero attached hydrogens (tertiary/aromatic N) is 2. The van der Waals surface area contributed by atoms with Crippen LogP contribution in [0.2, 0.25) is 5.04 Å². The number of nitrogens with one attached hydrogen (secondary N) is 2. The predicted molar refractivity (Wildman–Crippen MR) is 160 cm³/mol. The van der Waals surface area contributed by atoms with E-state index in [-0.39, 0.29) is 33.9 Å². The topological polar surface area (TPSA) is 131 Å². The van der Waals surface area contributed by atoms with Crippen molar-refractivity contribution in [2.75, 3.05) is 16.6 Å². The van der Waals surface area contributed by atoms with E-state index in [9.17, 15) is 18.3 Å². The quantitative estimate of drug-likeness (QED) is 0.226. The number of rotatable bonds is 11. The summed E-state index contributed by atoms with van der Waals surface area (Å²) in [4.78, 5) is 21.6. The zero-order valence-corrected chi connectivity index (χ0v) is 25.1. The highest BCUT2D eigenvalue weighted by atomic mass is 32.2. The number of thiazole rings is 1. The van der Waals surface area contributed by atoms with E-state index in [1.807, 2.05) is 60.7 Å². The molecule has 0 saturated heterocycles. The molecule has 0 aliphatic carbocycles. The van der Waals surface area contributed by atoms with Crippen LogP contribution in [-0.4, -0.2) is 50.4 Å². The van der Waals surface area contributed by atoms with E-state index in [0.29, 0.717) is 0 Å². The standard InChI is InChI=1S/C28H32N4O5S2Si/c1-28(2,3)40(22-10-6-4-7-11-22,23-12-8-5-9-13-23)37-24(16-18-33)26(34)31-25-15-14-21(20-30-25)39(35,36)32-27-29-17-19-38-27/h4-15,17,19-20,24,33H,16,18H2,1-3H3,(H,29,32)(H,30,31,34)/t24-/m1/s1. The Balaban J connectivity index is 1.62. The minimum atomic E-state index is -3.88. The lowest BCUT2D eigenvalue weighted by atomic mass is 10.2. The molecule has 0 fully saturated rings. The van der Waals surface area contributed by atoms with Gasteiger partial charge < -0.3 is 14.8 Å². The van der Waals surface area contributed by atoms with Gasteiger partial charge in [-0.2, -0.15) is 0 Å². The van der Waals surface area contributed by atoms with Crippen LogP contribution in [0.25, 0.3) is 0 Å². The highest BCUT2D eigenvalue weighted by Crippen LogP contribution is 2.38. The number of aromatic nitrogens is 2. The molecule has 4 rings (SSSR count). The van der Waals surface area contributed by atoms with Crippen molar-refractivity contribution in [2.24, 2.45) is 0 Å². The number of anilines is 2. The fourth-order valence-electron chi connectivity index (χ4n) is 4.53. The third-order valence-corrected chi connectivity index (χ3v) is 13.6. The third-order valence-electron chi connectivity index (χ3n) is 6.37. The minimum absolute atomic E-state index is 0.0700. The lowest BCUT2D eigenvalue weighted by molar-refractivity contribution is -0.123. The second-order valence-corrected chi connectivity index (χ2v) is 16.9. The Morgan fingerprint density at radius 1 is 1.00 bits per heavy atom. The Kier molecular flexibility index (Phi) is 9.16. The van der Waals surface area contributed by atoms with Crippen molar-refractivity contribution in [3.05, 3.63) is 90.6 Å². The smallest absolute Gasteiger partial charge is 0.265 e. The van der Waals surface area contributed by atoms with E-state index in [4.69, 9.17) is 4.43 Å². The van der Waals surface area contributed by atoms with Crippen LogP contribution >= 0.6 is 11.3 Å². The van der Waals surface area contributed by atoms with Crippen LogP contribution in [0.3, 0.4) is 0 Å². The number of aliphatic hydroxyl groups excluding tert-OH is 1. The zero-order chi connectivity index (χ0) is 28.8. The Morgan fingerprint density at radius 3 is 2.10 bits per heavy atom. The lowest BCUT2D eigenvalue weighted by Crippen LogP contribution is -2.68. The second kappa shape index (κ2) is 12.4.